The largest absolute Gasteiger partial charge is 0.494 e. The number of fused-ring (bicyclic) bond motifs is 1. The zero-order chi connectivity index (χ0) is 25.7. The molecule has 0 aliphatic carbocycles. The van der Waals surface area contributed by atoms with Gasteiger partial charge in [0.2, 0.25) is 5.95 Å². The number of nitrogens with one attached hydrogen (secondary N) is 1. The fourth-order valence-electron chi connectivity index (χ4n) is 4.71. The van der Waals surface area contributed by atoms with Crippen LogP contribution < -0.4 is 19.9 Å². The fraction of sp³-hybridized carbons (Fsp3) is 0.375. The number of aryl methyl sites for hydroxylation is 1. The molecule has 4 heterocycles. The summed E-state index contributed by atoms with van der Waals surface area (Å²) in [7, 11) is 3.37. The van der Waals surface area contributed by atoms with Crippen LogP contribution >= 0.6 is 0 Å². The molecule has 0 bridgehead atoms. The Balaban J connectivity index is 1.49. The third kappa shape index (κ3) is 4.11. The third-order valence-electron chi connectivity index (χ3n) is 6.63. The van der Waals surface area contributed by atoms with Gasteiger partial charge in [-0.15, -0.1) is 0 Å². The highest BCUT2D eigenvalue weighted by Gasteiger charge is 2.51. The van der Waals surface area contributed by atoms with Crippen LogP contribution in [-0.4, -0.2) is 65.2 Å². The van der Waals surface area contributed by atoms with Crippen LogP contribution in [0, 0.1) is 6.92 Å². The minimum atomic E-state index is -4.43. The Morgan fingerprint density at radius 2 is 2.06 bits per heavy atom. The van der Waals surface area contributed by atoms with Crippen LogP contribution in [0.4, 0.5) is 36.3 Å². The molecule has 1 N–H and O–H groups in total. The molecule has 0 saturated carbocycles. The maximum atomic E-state index is 13.5. The van der Waals surface area contributed by atoms with E-state index >= 15 is 0 Å². The van der Waals surface area contributed by atoms with Gasteiger partial charge >= 0.3 is 6.18 Å². The maximum Gasteiger partial charge on any atom is 0.406 e. The van der Waals surface area contributed by atoms with Crippen molar-refractivity contribution in [2.45, 2.75) is 25.1 Å². The quantitative estimate of drug-likeness (QED) is 0.557. The smallest absolute Gasteiger partial charge is 0.406 e. The van der Waals surface area contributed by atoms with E-state index < -0.39 is 18.3 Å². The van der Waals surface area contributed by atoms with Gasteiger partial charge in [0.15, 0.2) is 5.82 Å². The Morgan fingerprint density at radius 3 is 2.69 bits per heavy atom. The number of halogens is 3. The summed E-state index contributed by atoms with van der Waals surface area (Å²) in [6.07, 6.45) is 1.05. The van der Waals surface area contributed by atoms with Gasteiger partial charge in [-0.2, -0.15) is 18.2 Å². The molecule has 1 atom stereocenters. The number of hydrogen-bond donors (Lipinski definition) is 1. The lowest BCUT2D eigenvalue weighted by Gasteiger charge is -2.49. The molecule has 2 aliphatic rings. The molecule has 190 valence electrons. The Labute approximate surface area is 206 Å². The van der Waals surface area contributed by atoms with E-state index in [2.05, 4.69) is 26.8 Å². The number of imidazole rings is 1. The first-order valence-electron chi connectivity index (χ1n) is 11.3. The number of alkyl halides is 3. The molecule has 2 aromatic heterocycles. The fourth-order valence-corrected chi connectivity index (χ4v) is 4.71. The molecule has 0 radical (unpaired) electrons. The summed E-state index contributed by atoms with van der Waals surface area (Å²) in [6.45, 7) is 5.40. The number of benzene rings is 1. The highest BCUT2D eigenvalue weighted by Crippen LogP contribution is 2.47. The summed E-state index contributed by atoms with van der Waals surface area (Å²) in [5.41, 5.74) is 2.09. The monoisotopic (exact) mass is 501 g/mol. The Kier molecular flexibility index (Phi) is 5.78. The van der Waals surface area contributed by atoms with Crippen molar-refractivity contribution >= 4 is 23.1 Å². The normalized spacial score (nSPS) is 19.7. The molecule has 1 saturated heterocycles. The van der Waals surface area contributed by atoms with Gasteiger partial charge < -0.3 is 29.2 Å². The Hall–Kier alpha value is -3.80. The lowest BCUT2D eigenvalue weighted by atomic mass is 9.89. The molecule has 12 heteroatoms. The summed E-state index contributed by atoms with van der Waals surface area (Å²) < 4.78 is 53.4. The van der Waals surface area contributed by atoms with Gasteiger partial charge in [0.1, 0.15) is 23.5 Å². The van der Waals surface area contributed by atoms with Crippen LogP contribution in [0.15, 0.2) is 49.2 Å². The highest BCUT2D eigenvalue weighted by atomic mass is 19.4. The zero-order valence-electron chi connectivity index (χ0n) is 20.1. The number of methoxy groups -OCH3 is 1. The first kappa shape index (κ1) is 23.9. The van der Waals surface area contributed by atoms with Crippen LogP contribution in [-0.2, 0) is 4.74 Å². The van der Waals surface area contributed by atoms with Crippen molar-refractivity contribution in [2.75, 3.05) is 49.0 Å². The number of hydrogen-bond acceptors (Lipinski definition) is 8. The molecule has 1 unspecified atom stereocenters. The first-order valence-corrected chi connectivity index (χ1v) is 11.3. The van der Waals surface area contributed by atoms with Crippen LogP contribution in [0.5, 0.6) is 5.75 Å². The molecule has 2 aliphatic heterocycles. The van der Waals surface area contributed by atoms with Crippen molar-refractivity contribution in [1.82, 2.24) is 19.5 Å². The molecule has 36 heavy (non-hydrogen) atoms. The number of nitrogens with zero attached hydrogens (tertiary/aromatic N) is 6. The number of anilines is 4. The summed E-state index contributed by atoms with van der Waals surface area (Å²) in [4.78, 5) is 16.2. The molecular weight excluding hydrogens is 475 g/mol. The van der Waals surface area contributed by atoms with Crippen molar-refractivity contribution in [1.29, 1.82) is 0 Å². The molecule has 9 nitrogen and oxygen atoms in total. The van der Waals surface area contributed by atoms with Crippen molar-refractivity contribution in [3.63, 3.8) is 0 Å². The van der Waals surface area contributed by atoms with Crippen LogP contribution in [0.3, 0.4) is 0 Å². The van der Waals surface area contributed by atoms with Crippen LogP contribution in [0.25, 0.3) is 5.69 Å². The number of aromatic nitrogens is 4. The molecule has 1 fully saturated rings. The molecular formula is C24H26F3N7O2. The van der Waals surface area contributed by atoms with E-state index in [0.717, 1.165) is 16.3 Å². The van der Waals surface area contributed by atoms with Crippen molar-refractivity contribution in [2.24, 2.45) is 0 Å². The van der Waals surface area contributed by atoms with Crippen LogP contribution in [0.2, 0.25) is 0 Å². The SMILES string of the molecule is C=C1N(CC(F)(F)F)c2cnc(Nc3ccc(-n4cnc(C)c4)c(OC)c3)nc2N(C)C12CCOC2. The highest BCUT2D eigenvalue weighted by molar-refractivity contribution is 5.77. The summed E-state index contributed by atoms with van der Waals surface area (Å²) in [6, 6.07) is 5.50. The van der Waals surface area contributed by atoms with Gasteiger partial charge in [-0.25, -0.2) is 9.97 Å². The van der Waals surface area contributed by atoms with E-state index in [1.54, 1.807) is 26.6 Å². The van der Waals surface area contributed by atoms with Crippen LogP contribution in [0.1, 0.15) is 12.1 Å². The lowest BCUT2D eigenvalue weighted by Crippen LogP contribution is -2.58. The van der Waals surface area contributed by atoms with Gasteiger partial charge in [-0.1, -0.05) is 6.58 Å². The Bertz CT molecular complexity index is 1300. The minimum Gasteiger partial charge on any atom is -0.494 e. The maximum absolute atomic E-state index is 13.5. The Morgan fingerprint density at radius 1 is 1.25 bits per heavy atom. The predicted molar refractivity (Wildman–Crippen MR) is 129 cm³/mol. The summed E-state index contributed by atoms with van der Waals surface area (Å²) in [5, 5.41) is 3.14. The van der Waals surface area contributed by atoms with E-state index in [0.29, 0.717) is 36.0 Å². The predicted octanol–water partition coefficient (Wildman–Crippen LogP) is 4.21. The van der Waals surface area contributed by atoms with Gasteiger partial charge in [-0.05, 0) is 19.1 Å². The second kappa shape index (κ2) is 8.70. The lowest BCUT2D eigenvalue weighted by molar-refractivity contribution is -0.119. The number of likely N-dealkylation sites (N-methyl/N-ethyl adjacent to an activating group) is 1. The molecule has 5 rings (SSSR count). The first-order chi connectivity index (χ1) is 17.1. The second-order valence-corrected chi connectivity index (χ2v) is 8.88. The minimum absolute atomic E-state index is 0.231. The summed E-state index contributed by atoms with van der Waals surface area (Å²) in [5.74, 6) is 1.21. The van der Waals surface area contributed by atoms with E-state index in [1.807, 2.05) is 34.7 Å². The zero-order valence-corrected chi connectivity index (χ0v) is 20.1. The van der Waals surface area contributed by atoms with Crippen molar-refractivity contribution < 1.29 is 22.6 Å². The van der Waals surface area contributed by atoms with Gasteiger partial charge in [0.05, 0.1) is 37.6 Å². The summed E-state index contributed by atoms with van der Waals surface area (Å²) >= 11 is 0. The average Bonchev–Trinajstić information content (AvgIpc) is 3.50. The number of ether oxygens (including phenoxy) is 2. The van der Waals surface area contributed by atoms with Crippen molar-refractivity contribution in [3.05, 3.63) is 54.9 Å². The molecule has 1 spiro atoms. The topological polar surface area (TPSA) is 80.6 Å². The van der Waals surface area contributed by atoms with Gasteiger partial charge in [0, 0.05) is 43.7 Å². The standard InChI is InChI=1S/C24H26F3N7O2/c1-15-11-33(14-29-15)18-6-5-17(9-20(18)35-4)30-22-28-10-19-21(31-22)32(3)23(7-8-36-13-23)16(2)34(19)12-24(25,26)27/h5-6,9-11,14H,2,7-8,12-13H2,1,3-4H3,(H,28,30,31). The van der Waals surface area contributed by atoms with Gasteiger partial charge in [-0.3, -0.25) is 0 Å². The average molecular weight is 502 g/mol. The van der Waals surface area contributed by atoms with Crippen molar-refractivity contribution in [3.8, 4) is 11.4 Å². The molecule has 1 aromatic carbocycles. The molecule has 0 amide bonds. The second-order valence-electron chi connectivity index (χ2n) is 8.88. The third-order valence-corrected chi connectivity index (χ3v) is 6.63. The van der Waals surface area contributed by atoms with E-state index in [9.17, 15) is 13.2 Å². The van der Waals surface area contributed by atoms with Gasteiger partial charge in [0.25, 0.3) is 0 Å². The number of rotatable bonds is 5. The van der Waals surface area contributed by atoms with E-state index in [-0.39, 0.29) is 18.2 Å². The molecule has 3 aromatic rings. The van der Waals surface area contributed by atoms with E-state index in [1.165, 1.54) is 6.20 Å². The van der Waals surface area contributed by atoms with E-state index in [4.69, 9.17) is 9.47 Å².